The monoisotopic (exact) mass is 396 g/mol. The molecule has 2 amide bonds. The Hall–Kier alpha value is -3.06. The fourth-order valence-corrected chi connectivity index (χ4v) is 4.22. The molecule has 0 saturated carbocycles. The number of aryl methyl sites for hydroxylation is 1. The highest BCUT2D eigenvalue weighted by Gasteiger charge is 2.34. The van der Waals surface area contributed by atoms with E-state index in [2.05, 4.69) is 5.32 Å². The summed E-state index contributed by atoms with van der Waals surface area (Å²) >= 11 is 1.46. The van der Waals surface area contributed by atoms with Crippen molar-refractivity contribution in [2.75, 3.05) is 16.0 Å². The molecule has 1 saturated heterocycles. The molecular weight excluding hydrogens is 379 g/mol. The van der Waals surface area contributed by atoms with Crippen molar-refractivity contribution in [1.29, 1.82) is 0 Å². The van der Waals surface area contributed by atoms with Crippen LogP contribution in [0.25, 0.3) is 0 Å². The smallest absolute Gasteiger partial charge is 0.291 e. The Kier molecular flexibility index (Phi) is 4.92. The number of hydrogen-bond acceptors (Lipinski definition) is 4. The number of hydrogen-bond donors (Lipinski definition) is 1. The fourth-order valence-electron chi connectivity index (χ4n) is 3.05. The van der Waals surface area contributed by atoms with E-state index in [1.165, 1.54) is 24.1 Å². The summed E-state index contributed by atoms with van der Waals surface area (Å²) in [6, 6.07) is 15.3. The maximum absolute atomic E-state index is 14.0. The first-order valence-electron chi connectivity index (χ1n) is 8.67. The molecule has 2 aromatic carbocycles. The van der Waals surface area contributed by atoms with E-state index in [0.717, 1.165) is 5.56 Å². The summed E-state index contributed by atoms with van der Waals surface area (Å²) < 4.78 is 19.1. The van der Waals surface area contributed by atoms with E-state index in [9.17, 15) is 14.0 Å². The van der Waals surface area contributed by atoms with Crippen LogP contribution in [-0.4, -0.2) is 17.6 Å². The number of rotatable bonds is 4. The summed E-state index contributed by atoms with van der Waals surface area (Å²) in [5.41, 5.74) is 2.48. The van der Waals surface area contributed by atoms with Crippen molar-refractivity contribution in [2.45, 2.75) is 12.3 Å². The van der Waals surface area contributed by atoms with Crippen LogP contribution < -0.4 is 10.2 Å². The standard InChI is InChI=1S/C21H17FN2O3S/c1-13-7-8-16(11-17(13)22)24-19(25)12-28-21(24)14-4-2-5-15(10-14)23-20(26)18-6-3-9-27-18/h2-11,21H,12H2,1H3,(H,23,26)/t21-/m0/s1. The molecule has 7 heteroatoms. The third-order valence-electron chi connectivity index (χ3n) is 4.48. The normalized spacial score (nSPS) is 16.4. The minimum absolute atomic E-state index is 0.0803. The van der Waals surface area contributed by atoms with Gasteiger partial charge in [0.2, 0.25) is 5.91 Å². The molecule has 0 radical (unpaired) electrons. The van der Waals surface area contributed by atoms with Crippen LogP contribution in [0.4, 0.5) is 15.8 Å². The predicted molar refractivity (Wildman–Crippen MR) is 107 cm³/mol. The predicted octanol–water partition coefficient (Wildman–Crippen LogP) is 4.76. The zero-order valence-corrected chi connectivity index (χ0v) is 15.8. The van der Waals surface area contributed by atoms with Crippen molar-refractivity contribution in [1.82, 2.24) is 0 Å². The minimum atomic E-state index is -0.352. The highest BCUT2D eigenvalue weighted by Crippen LogP contribution is 2.42. The fraction of sp³-hybridized carbons (Fsp3) is 0.143. The summed E-state index contributed by atoms with van der Waals surface area (Å²) in [6.45, 7) is 1.68. The van der Waals surface area contributed by atoms with Gasteiger partial charge in [0, 0.05) is 11.4 Å². The second-order valence-electron chi connectivity index (χ2n) is 6.42. The topological polar surface area (TPSA) is 62.6 Å². The second kappa shape index (κ2) is 7.52. The highest BCUT2D eigenvalue weighted by atomic mass is 32.2. The summed E-state index contributed by atoms with van der Waals surface area (Å²) in [4.78, 5) is 26.3. The van der Waals surface area contributed by atoms with E-state index < -0.39 is 0 Å². The summed E-state index contributed by atoms with van der Waals surface area (Å²) in [5.74, 6) is -0.255. The molecular formula is C21H17FN2O3S. The first kappa shape index (κ1) is 18.3. The number of nitrogens with zero attached hydrogens (tertiary/aromatic N) is 1. The molecule has 1 aromatic heterocycles. The van der Waals surface area contributed by atoms with Gasteiger partial charge in [0.05, 0.1) is 12.0 Å². The maximum atomic E-state index is 14.0. The third-order valence-corrected chi connectivity index (χ3v) is 5.69. The molecule has 0 bridgehead atoms. The maximum Gasteiger partial charge on any atom is 0.291 e. The van der Waals surface area contributed by atoms with Crippen LogP contribution in [0, 0.1) is 12.7 Å². The van der Waals surface area contributed by atoms with Crippen LogP contribution in [0.15, 0.2) is 65.3 Å². The summed E-state index contributed by atoms with van der Waals surface area (Å²) in [5, 5.41) is 2.49. The van der Waals surface area contributed by atoms with Crippen LogP contribution in [0.3, 0.4) is 0 Å². The van der Waals surface area contributed by atoms with Crippen molar-refractivity contribution < 1.29 is 18.4 Å². The quantitative estimate of drug-likeness (QED) is 0.691. The van der Waals surface area contributed by atoms with E-state index in [1.807, 2.05) is 18.2 Å². The molecule has 4 rings (SSSR count). The van der Waals surface area contributed by atoms with Crippen molar-refractivity contribution >= 4 is 35.0 Å². The molecule has 5 nitrogen and oxygen atoms in total. The molecule has 0 spiro atoms. The SMILES string of the molecule is Cc1ccc(N2C(=O)CS[C@H]2c2cccc(NC(=O)c3ccco3)c2)cc1F. The molecule has 1 fully saturated rings. The Morgan fingerprint density at radius 1 is 1.21 bits per heavy atom. The Morgan fingerprint density at radius 2 is 2.07 bits per heavy atom. The molecule has 0 aliphatic carbocycles. The number of nitrogens with one attached hydrogen (secondary N) is 1. The van der Waals surface area contributed by atoms with Crippen LogP contribution in [-0.2, 0) is 4.79 Å². The number of furan rings is 1. The van der Waals surface area contributed by atoms with Crippen molar-refractivity contribution in [3.63, 3.8) is 0 Å². The van der Waals surface area contributed by atoms with Crippen LogP contribution >= 0.6 is 11.8 Å². The van der Waals surface area contributed by atoms with Gasteiger partial charge in [-0.1, -0.05) is 18.2 Å². The van der Waals surface area contributed by atoms with Gasteiger partial charge in [-0.2, -0.15) is 0 Å². The van der Waals surface area contributed by atoms with Gasteiger partial charge < -0.3 is 9.73 Å². The average molecular weight is 396 g/mol. The van der Waals surface area contributed by atoms with Gasteiger partial charge in [-0.25, -0.2) is 4.39 Å². The van der Waals surface area contributed by atoms with Crippen LogP contribution in [0.1, 0.15) is 27.1 Å². The van der Waals surface area contributed by atoms with Gasteiger partial charge in [0.1, 0.15) is 11.2 Å². The lowest BCUT2D eigenvalue weighted by atomic mass is 10.1. The Bertz CT molecular complexity index is 1040. The van der Waals surface area contributed by atoms with E-state index in [0.29, 0.717) is 22.7 Å². The van der Waals surface area contributed by atoms with Gasteiger partial charge in [0.15, 0.2) is 5.76 Å². The largest absolute Gasteiger partial charge is 0.459 e. The van der Waals surface area contributed by atoms with Crippen molar-refractivity contribution in [2.24, 2.45) is 0 Å². The first-order chi connectivity index (χ1) is 13.5. The van der Waals surface area contributed by atoms with E-state index >= 15 is 0 Å². The van der Waals surface area contributed by atoms with E-state index in [4.69, 9.17) is 4.42 Å². The lowest BCUT2D eigenvalue weighted by Crippen LogP contribution is -2.28. The second-order valence-corrected chi connectivity index (χ2v) is 7.49. The number of amides is 2. The Morgan fingerprint density at radius 3 is 2.82 bits per heavy atom. The molecule has 0 unspecified atom stereocenters. The number of carbonyl (C=O) groups excluding carboxylic acids is 2. The van der Waals surface area contributed by atoms with Crippen molar-refractivity contribution in [3.8, 4) is 0 Å². The van der Waals surface area contributed by atoms with Gasteiger partial charge in [-0.15, -0.1) is 11.8 Å². The van der Waals surface area contributed by atoms with Crippen molar-refractivity contribution in [3.05, 3.63) is 83.6 Å². The Labute approximate surface area is 165 Å². The molecule has 1 atom stereocenters. The lowest BCUT2D eigenvalue weighted by Gasteiger charge is -2.25. The number of anilines is 2. The van der Waals surface area contributed by atoms with E-state index in [1.54, 1.807) is 42.2 Å². The average Bonchev–Trinajstić information content (AvgIpc) is 3.34. The minimum Gasteiger partial charge on any atom is -0.459 e. The van der Waals surface area contributed by atoms with E-state index in [-0.39, 0.29) is 28.8 Å². The molecule has 1 N–H and O–H groups in total. The van der Waals surface area contributed by atoms with Gasteiger partial charge in [-0.05, 0) is 54.4 Å². The first-order valence-corrected chi connectivity index (χ1v) is 9.72. The van der Waals surface area contributed by atoms with Gasteiger partial charge in [0.25, 0.3) is 5.91 Å². The molecule has 1 aliphatic heterocycles. The zero-order valence-electron chi connectivity index (χ0n) is 15.0. The molecule has 3 aromatic rings. The van der Waals surface area contributed by atoms with Gasteiger partial charge in [-0.3, -0.25) is 14.5 Å². The zero-order chi connectivity index (χ0) is 19.7. The summed E-state index contributed by atoms with van der Waals surface area (Å²) in [7, 11) is 0. The molecule has 1 aliphatic rings. The molecule has 142 valence electrons. The Balaban J connectivity index is 1.61. The number of carbonyl (C=O) groups is 2. The number of thioether (sulfide) groups is 1. The molecule has 28 heavy (non-hydrogen) atoms. The number of halogens is 1. The van der Waals surface area contributed by atoms with Crippen LogP contribution in [0.5, 0.6) is 0 Å². The number of benzene rings is 2. The lowest BCUT2D eigenvalue weighted by molar-refractivity contribution is -0.115. The van der Waals surface area contributed by atoms with Gasteiger partial charge >= 0.3 is 0 Å². The highest BCUT2D eigenvalue weighted by molar-refractivity contribution is 8.00. The summed E-state index contributed by atoms with van der Waals surface area (Å²) in [6.07, 6.45) is 1.44. The van der Waals surface area contributed by atoms with Crippen LogP contribution in [0.2, 0.25) is 0 Å². The molecule has 2 heterocycles. The third kappa shape index (κ3) is 3.53.